The first-order valence-corrected chi connectivity index (χ1v) is 14.9. The van der Waals surface area contributed by atoms with Gasteiger partial charge in [-0.2, -0.15) is 0 Å². The first kappa shape index (κ1) is 35.9. The molecular weight excluding hydrogens is 564 g/mol. The molecule has 2 aromatic rings. The fourth-order valence-electron chi connectivity index (χ4n) is 4.69. The van der Waals surface area contributed by atoms with Crippen molar-refractivity contribution in [2.24, 2.45) is 33.8 Å². The van der Waals surface area contributed by atoms with E-state index >= 15 is 0 Å². The lowest BCUT2D eigenvalue weighted by atomic mass is 9.90. The van der Waals surface area contributed by atoms with Crippen LogP contribution in [0.5, 0.6) is 0 Å². The summed E-state index contributed by atoms with van der Waals surface area (Å²) in [5, 5.41) is 8.68. The number of guanidine groups is 1. The zero-order chi connectivity index (χ0) is 32.5. The van der Waals surface area contributed by atoms with Gasteiger partial charge in [0.15, 0.2) is 5.96 Å². The highest BCUT2D eigenvalue weighted by Crippen LogP contribution is 2.17. The molecule has 0 saturated carbocycles. The smallest absolute Gasteiger partial charge is 0.243 e. The van der Waals surface area contributed by atoms with Gasteiger partial charge in [0.25, 0.3) is 0 Å². The fraction of sp³-hybridized carbons (Fsp3) is 0.533. The van der Waals surface area contributed by atoms with Crippen LogP contribution in [0.1, 0.15) is 57.2 Å². The van der Waals surface area contributed by atoms with Gasteiger partial charge < -0.3 is 48.7 Å². The molecule has 0 saturated heterocycles. The van der Waals surface area contributed by atoms with E-state index in [0.29, 0.717) is 37.2 Å². The second-order valence-electron chi connectivity index (χ2n) is 11.5. The van der Waals surface area contributed by atoms with E-state index in [1.165, 1.54) is 6.33 Å². The van der Waals surface area contributed by atoms with Gasteiger partial charge in [0.2, 0.25) is 17.7 Å². The SMILES string of the molecule is CC(C)CCC[C@](C=O)(CN[C@@H](Cc1cnc[nH]1)C(N)=O)NC(=O)[C@@H](CCCN=C(N)N)NC(=O)[C@@H](N)Cc1ccccc1. The van der Waals surface area contributed by atoms with Crippen LogP contribution in [-0.2, 0) is 32.0 Å². The quantitative estimate of drug-likeness (QED) is 0.0387. The number of rotatable bonds is 21. The number of imidazole rings is 1. The Labute approximate surface area is 258 Å². The van der Waals surface area contributed by atoms with Crippen molar-refractivity contribution in [3.05, 3.63) is 54.1 Å². The van der Waals surface area contributed by atoms with Gasteiger partial charge in [0.1, 0.15) is 17.9 Å². The van der Waals surface area contributed by atoms with Gasteiger partial charge in [0, 0.05) is 31.4 Å². The molecule has 0 aliphatic heterocycles. The molecule has 1 aromatic carbocycles. The van der Waals surface area contributed by atoms with Gasteiger partial charge in [-0.1, -0.05) is 57.0 Å². The maximum Gasteiger partial charge on any atom is 0.243 e. The summed E-state index contributed by atoms with van der Waals surface area (Å²) in [6.45, 7) is 4.30. The Bertz CT molecular complexity index is 1200. The number of carbonyl (C=O) groups excluding carboxylic acids is 4. The van der Waals surface area contributed by atoms with Crippen molar-refractivity contribution in [1.29, 1.82) is 0 Å². The molecule has 0 radical (unpaired) electrons. The van der Waals surface area contributed by atoms with Crippen LogP contribution in [0, 0.1) is 5.92 Å². The Hall–Kier alpha value is -4.30. The van der Waals surface area contributed by atoms with Gasteiger partial charge in [-0.15, -0.1) is 0 Å². The predicted molar refractivity (Wildman–Crippen MR) is 169 cm³/mol. The monoisotopic (exact) mass is 612 g/mol. The molecule has 1 heterocycles. The van der Waals surface area contributed by atoms with Crippen molar-refractivity contribution in [3.8, 4) is 0 Å². The molecule has 3 amide bonds. The van der Waals surface area contributed by atoms with E-state index in [1.54, 1.807) is 6.20 Å². The number of carbonyl (C=O) groups is 4. The standard InChI is InChI=1S/C30H48N10O4/c1-20(2)8-6-12-30(18-41,17-37-25(26(32)42)15-22-16-35-19-38-22)40-28(44)24(11-7-13-36-29(33)34)39-27(43)23(31)14-21-9-4-3-5-10-21/h3-5,9-10,16,18-20,23-25,37H,6-8,11-15,17,31H2,1-2H3,(H2,32,42)(H,35,38)(H,39,43)(H,40,44)(H4,33,34,36)/t23-,24+,25-,30+/m0/s1. The largest absolute Gasteiger partial charge is 0.370 e. The topological polar surface area (TPSA) is 249 Å². The Balaban J connectivity index is 2.24. The molecule has 0 aliphatic carbocycles. The van der Waals surface area contributed by atoms with Crippen molar-refractivity contribution in [1.82, 2.24) is 25.9 Å². The normalized spacial score (nSPS) is 14.5. The van der Waals surface area contributed by atoms with Gasteiger partial charge in [-0.25, -0.2) is 4.98 Å². The molecular formula is C30H48N10O4. The molecule has 14 nitrogen and oxygen atoms in total. The summed E-state index contributed by atoms with van der Waals surface area (Å²) in [5.74, 6) is -1.42. The molecule has 12 N–H and O–H groups in total. The van der Waals surface area contributed by atoms with Crippen molar-refractivity contribution in [3.63, 3.8) is 0 Å². The van der Waals surface area contributed by atoms with E-state index in [1.807, 2.05) is 30.3 Å². The molecule has 2 rings (SSSR count). The summed E-state index contributed by atoms with van der Waals surface area (Å²) < 4.78 is 0. The number of primary amides is 1. The third-order valence-electron chi connectivity index (χ3n) is 7.20. The van der Waals surface area contributed by atoms with Gasteiger partial charge >= 0.3 is 0 Å². The van der Waals surface area contributed by atoms with E-state index in [2.05, 4.69) is 44.8 Å². The molecule has 0 spiro atoms. The molecule has 0 aliphatic rings. The van der Waals surface area contributed by atoms with Crippen LogP contribution < -0.4 is 38.9 Å². The maximum atomic E-state index is 13.8. The maximum absolute atomic E-state index is 13.8. The van der Waals surface area contributed by atoms with Crippen molar-refractivity contribution < 1.29 is 19.2 Å². The lowest BCUT2D eigenvalue weighted by Crippen LogP contribution is -2.62. The summed E-state index contributed by atoms with van der Waals surface area (Å²) in [4.78, 5) is 62.6. The highest BCUT2D eigenvalue weighted by atomic mass is 16.2. The Morgan fingerprint density at radius 2 is 1.75 bits per heavy atom. The van der Waals surface area contributed by atoms with E-state index in [9.17, 15) is 19.2 Å². The Morgan fingerprint density at radius 3 is 2.34 bits per heavy atom. The number of nitrogens with two attached hydrogens (primary N) is 4. The average Bonchev–Trinajstić information content (AvgIpc) is 3.49. The number of aromatic amines is 1. The van der Waals surface area contributed by atoms with Crippen LogP contribution in [0.4, 0.5) is 0 Å². The lowest BCUT2D eigenvalue weighted by Gasteiger charge is -2.33. The van der Waals surface area contributed by atoms with Gasteiger partial charge in [0.05, 0.1) is 18.4 Å². The predicted octanol–water partition coefficient (Wildman–Crippen LogP) is -0.616. The van der Waals surface area contributed by atoms with Crippen LogP contribution in [0.3, 0.4) is 0 Å². The molecule has 44 heavy (non-hydrogen) atoms. The van der Waals surface area contributed by atoms with E-state index < -0.39 is 41.4 Å². The van der Waals surface area contributed by atoms with Crippen LogP contribution in [0.25, 0.3) is 0 Å². The van der Waals surface area contributed by atoms with Crippen LogP contribution >= 0.6 is 0 Å². The van der Waals surface area contributed by atoms with E-state index in [0.717, 1.165) is 12.0 Å². The molecule has 242 valence electrons. The van der Waals surface area contributed by atoms with E-state index in [4.69, 9.17) is 22.9 Å². The second-order valence-corrected chi connectivity index (χ2v) is 11.5. The molecule has 0 bridgehead atoms. The summed E-state index contributed by atoms with van der Waals surface area (Å²) in [6.07, 6.45) is 6.52. The first-order chi connectivity index (χ1) is 20.9. The number of aldehydes is 1. The molecule has 1 aromatic heterocycles. The summed E-state index contributed by atoms with van der Waals surface area (Å²) in [6, 6.07) is 6.52. The summed E-state index contributed by atoms with van der Waals surface area (Å²) in [5.41, 5.74) is 22.9. The summed E-state index contributed by atoms with van der Waals surface area (Å²) in [7, 11) is 0. The highest BCUT2D eigenvalue weighted by Gasteiger charge is 2.35. The zero-order valence-corrected chi connectivity index (χ0v) is 25.6. The molecule has 4 atom stereocenters. The van der Waals surface area contributed by atoms with Gasteiger partial charge in [-0.05, 0) is 37.2 Å². The second kappa shape index (κ2) is 18.4. The Kier molecular flexibility index (Phi) is 15.0. The minimum atomic E-state index is -1.39. The number of H-pyrrole nitrogens is 1. The average molecular weight is 613 g/mol. The van der Waals surface area contributed by atoms with Gasteiger partial charge in [-0.3, -0.25) is 19.4 Å². The highest BCUT2D eigenvalue weighted by molar-refractivity contribution is 5.91. The number of aliphatic imine (C=N–C) groups is 1. The Morgan fingerprint density at radius 1 is 1.02 bits per heavy atom. The number of amides is 3. The fourth-order valence-corrected chi connectivity index (χ4v) is 4.69. The first-order valence-electron chi connectivity index (χ1n) is 14.9. The number of benzene rings is 1. The number of hydrogen-bond acceptors (Lipinski definition) is 8. The number of nitrogens with one attached hydrogen (secondary N) is 4. The molecule has 14 heteroatoms. The third kappa shape index (κ3) is 12.9. The molecule has 0 fully saturated rings. The zero-order valence-electron chi connectivity index (χ0n) is 25.6. The number of hydrogen-bond donors (Lipinski definition) is 8. The van der Waals surface area contributed by atoms with Crippen LogP contribution in [-0.4, -0.2) is 76.7 Å². The number of aromatic nitrogens is 2. The van der Waals surface area contributed by atoms with Crippen molar-refractivity contribution >= 4 is 30.0 Å². The minimum Gasteiger partial charge on any atom is -0.370 e. The lowest BCUT2D eigenvalue weighted by molar-refractivity contribution is -0.132. The van der Waals surface area contributed by atoms with Crippen LogP contribution in [0.15, 0.2) is 47.8 Å². The summed E-state index contributed by atoms with van der Waals surface area (Å²) >= 11 is 0. The van der Waals surface area contributed by atoms with E-state index in [-0.39, 0.29) is 38.3 Å². The van der Waals surface area contributed by atoms with Crippen LogP contribution in [0.2, 0.25) is 0 Å². The van der Waals surface area contributed by atoms with Crippen molar-refractivity contribution in [2.75, 3.05) is 13.1 Å². The van der Waals surface area contributed by atoms with Crippen molar-refractivity contribution in [2.45, 2.75) is 82.5 Å². The minimum absolute atomic E-state index is 0.0652. The number of nitrogens with zero attached hydrogens (tertiary/aromatic N) is 2. The third-order valence-corrected chi connectivity index (χ3v) is 7.20. The molecule has 0 unspecified atom stereocenters.